The van der Waals surface area contributed by atoms with E-state index >= 15 is 0 Å². The van der Waals surface area contributed by atoms with Crippen LogP contribution < -0.4 is 5.32 Å². The Bertz CT molecular complexity index is 1180. The molecular formula is C63H128N2O6P+. The standard InChI is InChI=1S/C63H127N2O6P/c1-6-8-10-12-14-16-18-20-22-24-26-28-30-31-32-33-35-36-38-40-42-44-46-48-50-52-54-56-62(66)61(60-71-72(68,69)70-59-58-65(3,4)5)64-63(67)57-55-53-51-49-47-45-43-41-39-37-34-29-27-25-23-21-19-17-15-13-11-9-7-2/h54,56,61-62,66H,6-53,55,57-60H2,1-5H3,(H-,64,67,68,69)/p+1/b56-54+. The van der Waals surface area contributed by atoms with Gasteiger partial charge >= 0.3 is 7.82 Å². The molecule has 0 aromatic heterocycles. The van der Waals surface area contributed by atoms with Crippen LogP contribution in [0.3, 0.4) is 0 Å². The average molecular weight is 1040 g/mol. The molecule has 3 atom stereocenters. The Balaban J connectivity index is 4.10. The maximum Gasteiger partial charge on any atom is 0.472 e. The molecule has 0 rings (SSSR count). The molecule has 8 nitrogen and oxygen atoms in total. The van der Waals surface area contributed by atoms with Gasteiger partial charge in [0, 0.05) is 6.42 Å². The molecule has 3 unspecified atom stereocenters. The predicted molar refractivity (Wildman–Crippen MR) is 314 cm³/mol. The summed E-state index contributed by atoms with van der Waals surface area (Å²) in [7, 11) is 1.59. The van der Waals surface area contributed by atoms with Gasteiger partial charge in [0.2, 0.25) is 5.91 Å². The van der Waals surface area contributed by atoms with Crippen LogP contribution in [0.4, 0.5) is 0 Å². The van der Waals surface area contributed by atoms with Crippen molar-refractivity contribution in [2.75, 3.05) is 40.9 Å². The molecule has 0 saturated heterocycles. The van der Waals surface area contributed by atoms with E-state index in [1.54, 1.807) is 6.08 Å². The number of nitrogens with one attached hydrogen (secondary N) is 1. The highest BCUT2D eigenvalue weighted by Crippen LogP contribution is 2.43. The molecule has 0 aromatic rings. The summed E-state index contributed by atoms with van der Waals surface area (Å²) in [6.45, 7) is 4.88. The summed E-state index contributed by atoms with van der Waals surface area (Å²) in [6, 6.07) is -0.843. The summed E-state index contributed by atoms with van der Waals surface area (Å²) >= 11 is 0. The molecule has 0 aliphatic heterocycles. The lowest BCUT2D eigenvalue weighted by Gasteiger charge is -2.25. The maximum atomic E-state index is 13.0. The number of amides is 1. The molecule has 0 aliphatic rings. The molecule has 0 spiro atoms. The second-order valence-electron chi connectivity index (χ2n) is 23.5. The van der Waals surface area contributed by atoms with E-state index in [0.29, 0.717) is 17.4 Å². The molecule has 3 N–H and O–H groups in total. The molecule has 0 heterocycles. The summed E-state index contributed by atoms with van der Waals surface area (Å²) < 4.78 is 23.8. The molecule has 1 amide bonds. The predicted octanol–water partition coefficient (Wildman–Crippen LogP) is 19.8. The van der Waals surface area contributed by atoms with Crippen molar-refractivity contribution in [1.29, 1.82) is 0 Å². The summed E-state index contributed by atoms with van der Waals surface area (Å²) in [5, 5.41) is 14.0. The fourth-order valence-electron chi connectivity index (χ4n) is 9.99. The molecule has 72 heavy (non-hydrogen) atoms. The number of carbonyl (C=O) groups is 1. The minimum absolute atomic E-state index is 0.0654. The molecule has 0 aromatic carbocycles. The number of allylic oxidation sites excluding steroid dienone is 1. The number of phosphoric acid groups is 1. The number of likely N-dealkylation sites (N-methyl/N-ethyl adjacent to an activating group) is 1. The first-order valence-corrected chi connectivity index (χ1v) is 33.6. The molecule has 0 radical (unpaired) electrons. The monoisotopic (exact) mass is 1040 g/mol. The summed E-state index contributed by atoms with van der Waals surface area (Å²) in [5.74, 6) is -0.168. The SMILES string of the molecule is CCCCCCCCCCCCCCCCCCCCCCCCCCC/C=C/C(O)C(COP(=O)(O)OCC[N+](C)(C)C)NC(=O)CCCCCCCCCCCCCCCCCCCCCCCCC. The van der Waals surface area contributed by atoms with E-state index in [9.17, 15) is 19.4 Å². The van der Waals surface area contributed by atoms with Gasteiger partial charge in [-0.2, -0.15) is 0 Å². The van der Waals surface area contributed by atoms with Gasteiger partial charge in [-0.3, -0.25) is 13.8 Å². The third-order valence-corrected chi connectivity index (χ3v) is 16.0. The Hall–Kier alpha value is -0.760. The number of hydrogen-bond acceptors (Lipinski definition) is 5. The van der Waals surface area contributed by atoms with Crippen molar-refractivity contribution in [2.45, 2.75) is 347 Å². The van der Waals surface area contributed by atoms with Crippen molar-refractivity contribution in [1.82, 2.24) is 5.32 Å². The van der Waals surface area contributed by atoms with Gasteiger partial charge in [-0.25, -0.2) is 4.57 Å². The first-order chi connectivity index (χ1) is 35.0. The lowest BCUT2D eigenvalue weighted by Crippen LogP contribution is -2.45. The van der Waals surface area contributed by atoms with E-state index in [-0.39, 0.29) is 19.1 Å². The smallest absolute Gasteiger partial charge is 0.387 e. The number of hydrogen-bond donors (Lipinski definition) is 3. The highest BCUT2D eigenvalue weighted by Gasteiger charge is 2.28. The molecule has 9 heteroatoms. The fourth-order valence-corrected chi connectivity index (χ4v) is 10.7. The second kappa shape index (κ2) is 55.0. The Morgan fingerprint density at radius 3 is 1.03 bits per heavy atom. The van der Waals surface area contributed by atoms with E-state index in [4.69, 9.17) is 9.05 Å². The van der Waals surface area contributed by atoms with Crippen LogP contribution in [0.15, 0.2) is 12.2 Å². The van der Waals surface area contributed by atoms with Gasteiger partial charge in [0.1, 0.15) is 13.2 Å². The van der Waals surface area contributed by atoms with E-state index in [2.05, 4.69) is 19.2 Å². The molecule has 0 saturated carbocycles. The highest BCUT2D eigenvalue weighted by atomic mass is 31.2. The van der Waals surface area contributed by atoms with Gasteiger partial charge in [0.05, 0.1) is 39.9 Å². The number of phosphoric ester groups is 1. The van der Waals surface area contributed by atoms with Crippen LogP contribution in [0, 0.1) is 0 Å². The number of aliphatic hydroxyl groups is 1. The molecule has 0 bridgehead atoms. The summed E-state index contributed by atoms with van der Waals surface area (Å²) in [6.07, 6.45) is 69.0. The van der Waals surface area contributed by atoms with Crippen LogP contribution >= 0.6 is 7.82 Å². The Morgan fingerprint density at radius 2 is 0.736 bits per heavy atom. The van der Waals surface area contributed by atoms with Crippen molar-refractivity contribution < 1.29 is 32.9 Å². The van der Waals surface area contributed by atoms with Crippen molar-refractivity contribution in [3.8, 4) is 0 Å². The van der Waals surface area contributed by atoms with Gasteiger partial charge in [0.15, 0.2) is 0 Å². The van der Waals surface area contributed by atoms with Gasteiger partial charge in [-0.15, -0.1) is 0 Å². The Labute approximate surface area is 450 Å². The number of carbonyl (C=O) groups excluding carboxylic acids is 1. The number of unbranched alkanes of at least 4 members (excludes halogenated alkanes) is 47. The van der Waals surface area contributed by atoms with Gasteiger partial charge < -0.3 is 19.8 Å². The largest absolute Gasteiger partial charge is 0.472 e. The topological polar surface area (TPSA) is 105 Å². The minimum Gasteiger partial charge on any atom is -0.387 e. The molecule has 0 aliphatic carbocycles. The van der Waals surface area contributed by atoms with Gasteiger partial charge in [-0.05, 0) is 19.3 Å². The number of aliphatic hydroxyl groups excluding tert-OH is 1. The van der Waals surface area contributed by atoms with E-state index < -0.39 is 20.0 Å². The van der Waals surface area contributed by atoms with Crippen LogP contribution in [-0.4, -0.2) is 73.4 Å². The lowest BCUT2D eigenvalue weighted by atomic mass is 10.0. The molecular weight excluding hydrogens is 912 g/mol. The van der Waals surface area contributed by atoms with Crippen LogP contribution in [0.2, 0.25) is 0 Å². The summed E-state index contributed by atoms with van der Waals surface area (Å²) in [5.41, 5.74) is 0. The minimum atomic E-state index is -4.35. The van der Waals surface area contributed by atoms with E-state index in [0.717, 1.165) is 32.1 Å². The van der Waals surface area contributed by atoms with Crippen LogP contribution in [0.5, 0.6) is 0 Å². The Morgan fingerprint density at radius 1 is 0.458 bits per heavy atom. The first kappa shape index (κ1) is 71.2. The summed E-state index contributed by atoms with van der Waals surface area (Å²) in [4.78, 5) is 23.4. The molecule has 0 fully saturated rings. The average Bonchev–Trinajstić information content (AvgIpc) is 3.34. The lowest BCUT2D eigenvalue weighted by molar-refractivity contribution is -0.870. The van der Waals surface area contributed by atoms with Crippen molar-refractivity contribution in [2.24, 2.45) is 0 Å². The zero-order chi connectivity index (χ0) is 52.7. The number of rotatable bonds is 60. The van der Waals surface area contributed by atoms with Gasteiger partial charge in [0.25, 0.3) is 0 Å². The second-order valence-corrected chi connectivity index (χ2v) is 25.0. The zero-order valence-corrected chi connectivity index (χ0v) is 50.1. The fraction of sp³-hybridized carbons (Fsp3) is 0.952. The van der Waals surface area contributed by atoms with Crippen LogP contribution in [0.1, 0.15) is 335 Å². The quantitative estimate of drug-likeness (QED) is 0.0243. The molecule has 430 valence electrons. The number of quaternary nitrogens is 1. The van der Waals surface area contributed by atoms with E-state index in [1.165, 1.54) is 283 Å². The zero-order valence-electron chi connectivity index (χ0n) is 49.2. The van der Waals surface area contributed by atoms with Crippen molar-refractivity contribution >= 4 is 13.7 Å². The third kappa shape index (κ3) is 57.0. The number of nitrogens with zero attached hydrogens (tertiary/aromatic N) is 1. The van der Waals surface area contributed by atoms with Crippen molar-refractivity contribution in [3.63, 3.8) is 0 Å². The first-order valence-electron chi connectivity index (χ1n) is 32.1. The van der Waals surface area contributed by atoms with Crippen LogP contribution in [-0.2, 0) is 18.4 Å². The van der Waals surface area contributed by atoms with E-state index in [1.807, 2.05) is 27.2 Å². The van der Waals surface area contributed by atoms with Gasteiger partial charge in [-0.1, -0.05) is 321 Å². The highest BCUT2D eigenvalue weighted by molar-refractivity contribution is 7.47. The Kier molecular flexibility index (Phi) is 54.4. The third-order valence-electron chi connectivity index (χ3n) is 15.0. The van der Waals surface area contributed by atoms with Crippen LogP contribution in [0.25, 0.3) is 0 Å². The normalized spacial score (nSPS) is 13.8. The maximum absolute atomic E-state index is 13.0. The van der Waals surface area contributed by atoms with Crippen molar-refractivity contribution in [3.05, 3.63) is 12.2 Å².